The molecule has 0 atom stereocenters. The summed E-state index contributed by atoms with van der Waals surface area (Å²) in [7, 11) is 0. The molecule has 0 unspecified atom stereocenters. The van der Waals surface area contributed by atoms with Crippen LogP contribution in [0.15, 0.2) is 36.4 Å². The fourth-order valence-electron chi connectivity index (χ4n) is 2.68. The topological polar surface area (TPSA) is 90.7 Å². The second kappa shape index (κ2) is 6.88. The highest BCUT2D eigenvalue weighted by Crippen LogP contribution is 2.19. The van der Waals surface area contributed by atoms with Gasteiger partial charge in [0.2, 0.25) is 0 Å². The first-order valence-corrected chi connectivity index (χ1v) is 7.67. The molecule has 1 amide bonds. The molecular formula is C17H17N5O. The number of amides is 1. The number of carbonyl (C=O) groups is 1. The maximum absolute atomic E-state index is 12.1. The van der Waals surface area contributed by atoms with Crippen LogP contribution in [-0.2, 0) is 0 Å². The quantitative estimate of drug-likeness (QED) is 0.906. The van der Waals surface area contributed by atoms with Crippen LogP contribution in [0.5, 0.6) is 0 Å². The van der Waals surface area contributed by atoms with Crippen molar-refractivity contribution < 1.29 is 4.79 Å². The predicted octanol–water partition coefficient (Wildman–Crippen LogP) is 2.76. The first kappa shape index (κ1) is 15.0. The van der Waals surface area contributed by atoms with E-state index < -0.39 is 0 Å². The third-order valence-electron chi connectivity index (χ3n) is 3.90. The number of carbonyl (C=O) groups excluding carboxylic acids is 1. The molecule has 1 heterocycles. The van der Waals surface area contributed by atoms with E-state index in [1.54, 1.807) is 30.3 Å². The predicted molar refractivity (Wildman–Crippen MR) is 86.2 cm³/mol. The highest BCUT2D eigenvalue weighted by molar-refractivity contribution is 5.92. The van der Waals surface area contributed by atoms with Gasteiger partial charge in [0.15, 0.2) is 11.5 Å². The number of hydrogen-bond donors (Lipinski definition) is 2. The maximum atomic E-state index is 12.1. The summed E-state index contributed by atoms with van der Waals surface area (Å²) in [5.41, 5.74) is 1.49. The van der Waals surface area contributed by atoms with Gasteiger partial charge in [0, 0.05) is 6.04 Å². The fourth-order valence-corrected chi connectivity index (χ4v) is 2.68. The zero-order valence-corrected chi connectivity index (χ0v) is 12.6. The van der Waals surface area contributed by atoms with Gasteiger partial charge in [0.1, 0.15) is 6.07 Å². The first-order chi connectivity index (χ1) is 11.3. The number of nitrogens with zero attached hydrogens (tertiary/aromatic N) is 3. The highest BCUT2D eigenvalue weighted by atomic mass is 16.2. The summed E-state index contributed by atoms with van der Waals surface area (Å²) in [6, 6.07) is 12.8. The first-order valence-electron chi connectivity index (χ1n) is 7.67. The monoisotopic (exact) mass is 307 g/mol. The molecule has 0 bridgehead atoms. The van der Waals surface area contributed by atoms with E-state index in [1.165, 1.54) is 0 Å². The Kier molecular flexibility index (Phi) is 4.48. The van der Waals surface area contributed by atoms with E-state index in [-0.39, 0.29) is 11.9 Å². The molecule has 0 radical (unpaired) electrons. The molecule has 6 nitrogen and oxygen atoms in total. The SMILES string of the molecule is N#Cc1ccccc1Nc1ccc(C(=O)NC2CCCC2)nn1. The van der Waals surface area contributed by atoms with Gasteiger partial charge in [-0.15, -0.1) is 10.2 Å². The van der Waals surface area contributed by atoms with Crippen molar-refractivity contribution in [3.05, 3.63) is 47.7 Å². The van der Waals surface area contributed by atoms with Crippen LogP contribution in [0.25, 0.3) is 0 Å². The summed E-state index contributed by atoms with van der Waals surface area (Å²) in [5, 5.41) is 23.1. The number of hydrogen-bond acceptors (Lipinski definition) is 5. The Labute approximate surface area is 134 Å². The average molecular weight is 307 g/mol. The summed E-state index contributed by atoms with van der Waals surface area (Å²) >= 11 is 0. The molecule has 6 heteroatoms. The van der Waals surface area contributed by atoms with Crippen LogP contribution >= 0.6 is 0 Å². The van der Waals surface area contributed by atoms with Crippen LogP contribution in [0, 0.1) is 11.3 Å². The Morgan fingerprint density at radius 1 is 1.13 bits per heavy atom. The van der Waals surface area contributed by atoms with Gasteiger partial charge in [-0.3, -0.25) is 4.79 Å². The Bertz CT molecular complexity index is 729. The van der Waals surface area contributed by atoms with Crippen molar-refractivity contribution in [3.63, 3.8) is 0 Å². The number of para-hydroxylation sites is 1. The van der Waals surface area contributed by atoms with E-state index in [1.807, 2.05) is 6.07 Å². The Morgan fingerprint density at radius 2 is 1.91 bits per heavy atom. The van der Waals surface area contributed by atoms with Gasteiger partial charge < -0.3 is 10.6 Å². The largest absolute Gasteiger partial charge is 0.348 e. The Hall–Kier alpha value is -2.94. The van der Waals surface area contributed by atoms with Crippen LogP contribution in [0.3, 0.4) is 0 Å². The van der Waals surface area contributed by atoms with Gasteiger partial charge in [-0.25, -0.2) is 0 Å². The summed E-state index contributed by atoms with van der Waals surface area (Å²) in [6.45, 7) is 0. The van der Waals surface area contributed by atoms with E-state index in [9.17, 15) is 4.79 Å². The van der Waals surface area contributed by atoms with E-state index in [0.29, 0.717) is 22.8 Å². The van der Waals surface area contributed by atoms with E-state index in [2.05, 4.69) is 26.9 Å². The molecule has 1 aliphatic carbocycles. The third-order valence-corrected chi connectivity index (χ3v) is 3.90. The van der Waals surface area contributed by atoms with Crippen molar-refractivity contribution >= 4 is 17.4 Å². The van der Waals surface area contributed by atoms with Crippen LogP contribution in [0.2, 0.25) is 0 Å². The molecule has 0 saturated heterocycles. The lowest BCUT2D eigenvalue weighted by atomic mass is 10.2. The molecule has 1 aromatic carbocycles. The third kappa shape index (κ3) is 3.64. The van der Waals surface area contributed by atoms with Crippen molar-refractivity contribution in [2.24, 2.45) is 0 Å². The second-order valence-electron chi connectivity index (χ2n) is 5.54. The molecule has 1 aromatic heterocycles. The zero-order valence-electron chi connectivity index (χ0n) is 12.6. The normalized spacial score (nSPS) is 14.2. The Balaban J connectivity index is 1.67. The second-order valence-corrected chi connectivity index (χ2v) is 5.54. The van der Waals surface area contributed by atoms with Crippen LogP contribution in [0.1, 0.15) is 41.7 Å². The van der Waals surface area contributed by atoms with Gasteiger partial charge in [0.25, 0.3) is 5.91 Å². The van der Waals surface area contributed by atoms with Crippen molar-refractivity contribution in [1.29, 1.82) is 5.26 Å². The summed E-state index contributed by atoms with van der Waals surface area (Å²) in [4.78, 5) is 12.1. The molecule has 2 N–H and O–H groups in total. The minimum Gasteiger partial charge on any atom is -0.348 e. The molecule has 0 aliphatic heterocycles. The van der Waals surface area contributed by atoms with Crippen molar-refractivity contribution in [3.8, 4) is 6.07 Å². The van der Waals surface area contributed by atoms with Gasteiger partial charge >= 0.3 is 0 Å². The number of anilines is 2. The highest BCUT2D eigenvalue weighted by Gasteiger charge is 2.18. The van der Waals surface area contributed by atoms with Gasteiger partial charge in [-0.1, -0.05) is 25.0 Å². The molecule has 23 heavy (non-hydrogen) atoms. The molecule has 0 spiro atoms. The minimum atomic E-state index is -0.187. The zero-order chi connectivity index (χ0) is 16.1. The van der Waals surface area contributed by atoms with Crippen LogP contribution < -0.4 is 10.6 Å². The molecule has 3 rings (SSSR count). The lowest BCUT2D eigenvalue weighted by Gasteiger charge is -2.11. The summed E-state index contributed by atoms with van der Waals surface area (Å²) in [6.07, 6.45) is 4.39. The average Bonchev–Trinajstić information content (AvgIpc) is 3.09. The molecule has 2 aromatic rings. The van der Waals surface area contributed by atoms with Gasteiger partial charge in [-0.2, -0.15) is 5.26 Å². The van der Waals surface area contributed by atoms with E-state index in [4.69, 9.17) is 5.26 Å². The van der Waals surface area contributed by atoms with Crippen molar-refractivity contribution in [2.45, 2.75) is 31.7 Å². The van der Waals surface area contributed by atoms with Crippen LogP contribution in [0.4, 0.5) is 11.5 Å². The van der Waals surface area contributed by atoms with Gasteiger partial charge in [0.05, 0.1) is 11.3 Å². The summed E-state index contributed by atoms with van der Waals surface area (Å²) < 4.78 is 0. The number of nitriles is 1. The van der Waals surface area contributed by atoms with Gasteiger partial charge in [-0.05, 0) is 37.1 Å². The standard InChI is InChI=1S/C17H17N5O/c18-11-12-5-1-4-8-14(12)20-16-10-9-15(21-22-16)17(23)19-13-6-2-3-7-13/h1,4-5,8-10,13H,2-3,6-7H2,(H,19,23)(H,20,22). The van der Waals surface area contributed by atoms with Crippen LogP contribution in [-0.4, -0.2) is 22.1 Å². The Morgan fingerprint density at radius 3 is 2.61 bits per heavy atom. The molecular weight excluding hydrogens is 290 g/mol. The minimum absolute atomic E-state index is 0.187. The molecule has 1 aliphatic rings. The summed E-state index contributed by atoms with van der Waals surface area (Å²) in [5.74, 6) is 0.304. The lowest BCUT2D eigenvalue weighted by Crippen LogP contribution is -2.33. The van der Waals surface area contributed by atoms with Crippen molar-refractivity contribution in [2.75, 3.05) is 5.32 Å². The fraction of sp³-hybridized carbons (Fsp3) is 0.294. The molecule has 1 saturated carbocycles. The number of nitrogens with one attached hydrogen (secondary N) is 2. The molecule has 1 fully saturated rings. The molecule has 116 valence electrons. The van der Waals surface area contributed by atoms with E-state index in [0.717, 1.165) is 25.7 Å². The van der Waals surface area contributed by atoms with E-state index >= 15 is 0 Å². The number of aromatic nitrogens is 2. The lowest BCUT2D eigenvalue weighted by molar-refractivity contribution is 0.0932. The number of benzene rings is 1. The number of rotatable bonds is 4. The smallest absolute Gasteiger partial charge is 0.272 e. The maximum Gasteiger partial charge on any atom is 0.272 e. The van der Waals surface area contributed by atoms with Crippen molar-refractivity contribution in [1.82, 2.24) is 15.5 Å².